The first-order valence-corrected chi connectivity index (χ1v) is 12.4. The summed E-state index contributed by atoms with van der Waals surface area (Å²) in [5, 5.41) is 5.47. The lowest BCUT2D eigenvalue weighted by molar-refractivity contribution is -0.123. The minimum atomic E-state index is -3.61. The predicted octanol–water partition coefficient (Wildman–Crippen LogP) is 2.55. The number of nitrogens with one attached hydrogen (secondary N) is 2. The molecular weight excluding hydrogens is 484 g/mol. The summed E-state index contributed by atoms with van der Waals surface area (Å²) in [5.41, 5.74) is 1.57. The Kier molecular flexibility index (Phi) is 7.04. The van der Waals surface area contributed by atoms with E-state index in [9.17, 15) is 22.8 Å². The smallest absolute Gasteiger partial charge is 0.265 e. The van der Waals surface area contributed by atoms with Gasteiger partial charge in [-0.15, -0.1) is 0 Å². The summed E-state index contributed by atoms with van der Waals surface area (Å²) in [6.07, 6.45) is 0. The second kappa shape index (κ2) is 10.2. The number of ether oxygens (including phenoxy) is 1. The van der Waals surface area contributed by atoms with Crippen molar-refractivity contribution in [3.05, 3.63) is 78.4 Å². The number of benzene rings is 3. The summed E-state index contributed by atoms with van der Waals surface area (Å²) in [7, 11) is -0.761. The van der Waals surface area contributed by atoms with Crippen molar-refractivity contribution in [2.24, 2.45) is 0 Å². The van der Waals surface area contributed by atoms with Crippen LogP contribution in [0.15, 0.2) is 77.7 Å². The molecule has 0 spiro atoms. The van der Waals surface area contributed by atoms with Gasteiger partial charge in [-0.3, -0.25) is 19.3 Å². The van der Waals surface area contributed by atoms with Gasteiger partial charge in [-0.25, -0.2) is 12.7 Å². The average Bonchev–Trinajstić information content (AvgIpc) is 2.86. The summed E-state index contributed by atoms with van der Waals surface area (Å²) in [4.78, 5) is 39.2. The molecule has 0 unspecified atom stereocenters. The van der Waals surface area contributed by atoms with Gasteiger partial charge in [-0.05, 0) is 54.6 Å². The lowest BCUT2D eigenvalue weighted by atomic mass is 10.1. The number of hydrogen-bond donors (Lipinski definition) is 2. The molecule has 2 N–H and O–H groups in total. The van der Waals surface area contributed by atoms with E-state index in [1.165, 1.54) is 43.3 Å². The minimum absolute atomic E-state index is 0.0675. The van der Waals surface area contributed by atoms with Gasteiger partial charge in [0.05, 0.1) is 10.6 Å². The molecule has 36 heavy (non-hydrogen) atoms. The Bertz CT molecular complexity index is 1410. The maximum absolute atomic E-state index is 12.8. The van der Waals surface area contributed by atoms with Crippen LogP contribution in [0.1, 0.15) is 10.4 Å². The van der Waals surface area contributed by atoms with E-state index in [0.717, 1.165) is 4.31 Å². The lowest BCUT2D eigenvalue weighted by Crippen LogP contribution is -2.43. The first-order valence-electron chi connectivity index (χ1n) is 10.9. The molecule has 4 rings (SSSR count). The summed E-state index contributed by atoms with van der Waals surface area (Å²) in [6.45, 7) is -0.442. The second-order valence-electron chi connectivity index (χ2n) is 8.13. The minimum Gasteiger partial charge on any atom is -0.482 e. The third-order valence-electron chi connectivity index (χ3n) is 5.41. The fourth-order valence-electron chi connectivity index (χ4n) is 3.51. The molecule has 0 saturated heterocycles. The van der Waals surface area contributed by atoms with E-state index in [2.05, 4.69) is 10.6 Å². The molecule has 10 nitrogen and oxygen atoms in total. The van der Waals surface area contributed by atoms with Crippen LogP contribution in [0.5, 0.6) is 5.75 Å². The van der Waals surface area contributed by atoms with Crippen molar-refractivity contribution in [2.75, 3.05) is 42.8 Å². The fourth-order valence-corrected chi connectivity index (χ4v) is 4.41. The summed E-state index contributed by atoms with van der Waals surface area (Å²) >= 11 is 0. The van der Waals surface area contributed by atoms with Crippen LogP contribution in [-0.2, 0) is 19.6 Å². The van der Waals surface area contributed by atoms with E-state index >= 15 is 0 Å². The Morgan fingerprint density at radius 1 is 0.944 bits per heavy atom. The van der Waals surface area contributed by atoms with Crippen LogP contribution < -0.4 is 20.3 Å². The number of rotatable bonds is 7. The normalized spacial score (nSPS) is 13.1. The van der Waals surface area contributed by atoms with Crippen molar-refractivity contribution in [3.8, 4) is 5.75 Å². The van der Waals surface area contributed by atoms with Crippen molar-refractivity contribution < 1.29 is 27.5 Å². The average molecular weight is 509 g/mol. The Morgan fingerprint density at radius 2 is 1.64 bits per heavy atom. The predicted molar refractivity (Wildman–Crippen MR) is 135 cm³/mol. The highest BCUT2D eigenvalue weighted by molar-refractivity contribution is 7.89. The van der Waals surface area contributed by atoms with Gasteiger partial charge in [-0.2, -0.15) is 0 Å². The molecular formula is C25H24N4O6S. The summed E-state index contributed by atoms with van der Waals surface area (Å²) in [5.74, 6) is -0.852. The standard InChI is InChI=1S/C25H24N4O6S/c1-28(2)36(33,34)20-11-8-17(9-12-20)25(32)27-19-10-13-22-21(14-19)29(24(31)16-35-22)15-23(30)26-18-6-4-3-5-7-18/h3-14H,15-16H2,1-2H3,(H,26,30)(H,27,32). The number of anilines is 3. The molecule has 3 aromatic carbocycles. The number of sulfonamides is 1. The van der Waals surface area contributed by atoms with E-state index in [4.69, 9.17) is 4.74 Å². The first-order chi connectivity index (χ1) is 17.1. The molecule has 0 fully saturated rings. The van der Waals surface area contributed by atoms with Crippen LogP contribution in [0, 0.1) is 0 Å². The van der Waals surface area contributed by atoms with Gasteiger partial charge in [0.25, 0.3) is 11.8 Å². The van der Waals surface area contributed by atoms with Crippen LogP contribution in [0.25, 0.3) is 0 Å². The van der Waals surface area contributed by atoms with E-state index in [1.54, 1.807) is 42.5 Å². The van der Waals surface area contributed by atoms with Crippen molar-refractivity contribution in [1.29, 1.82) is 0 Å². The van der Waals surface area contributed by atoms with Gasteiger partial charge in [0.1, 0.15) is 12.3 Å². The molecule has 1 heterocycles. The number of hydrogen-bond acceptors (Lipinski definition) is 6. The monoisotopic (exact) mass is 508 g/mol. The van der Waals surface area contributed by atoms with Crippen LogP contribution in [0.3, 0.4) is 0 Å². The number of carbonyl (C=O) groups excluding carboxylic acids is 3. The molecule has 1 aliphatic heterocycles. The zero-order valence-electron chi connectivity index (χ0n) is 19.6. The van der Waals surface area contributed by atoms with Crippen LogP contribution >= 0.6 is 0 Å². The van der Waals surface area contributed by atoms with Crippen LogP contribution in [-0.4, -0.2) is 57.7 Å². The largest absolute Gasteiger partial charge is 0.482 e. The SMILES string of the molecule is CN(C)S(=O)(=O)c1ccc(C(=O)Nc2ccc3c(c2)N(CC(=O)Nc2ccccc2)C(=O)CO3)cc1. The third kappa shape index (κ3) is 5.37. The lowest BCUT2D eigenvalue weighted by Gasteiger charge is -2.29. The number of amides is 3. The molecule has 0 aliphatic carbocycles. The Labute approximate surface area is 208 Å². The highest BCUT2D eigenvalue weighted by atomic mass is 32.2. The third-order valence-corrected chi connectivity index (χ3v) is 7.24. The van der Waals surface area contributed by atoms with E-state index < -0.39 is 21.8 Å². The number of nitrogens with zero attached hydrogens (tertiary/aromatic N) is 2. The molecule has 1 aliphatic rings. The molecule has 0 saturated carbocycles. The van der Waals surface area contributed by atoms with Gasteiger partial charge in [0, 0.05) is 31.0 Å². The summed E-state index contributed by atoms with van der Waals surface area (Å²) < 4.78 is 31.0. The Hall–Kier alpha value is -4.22. The van der Waals surface area contributed by atoms with Gasteiger partial charge in [0.2, 0.25) is 15.9 Å². The zero-order chi connectivity index (χ0) is 25.9. The molecule has 3 amide bonds. The topological polar surface area (TPSA) is 125 Å². The fraction of sp³-hybridized carbons (Fsp3) is 0.160. The van der Waals surface area contributed by atoms with Crippen molar-refractivity contribution in [3.63, 3.8) is 0 Å². The molecule has 0 radical (unpaired) electrons. The molecule has 186 valence electrons. The molecule has 11 heteroatoms. The highest BCUT2D eigenvalue weighted by Crippen LogP contribution is 2.34. The van der Waals surface area contributed by atoms with E-state index in [0.29, 0.717) is 22.8 Å². The molecule has 0 atom stereocenters. The van der Waals surface area contributed by atoms with E-state index in [1.807, 2.05) is 6.07 Å². The van der Waals surface area contributed by atoms with Crippen LogP contribution in [0.4, 0.5) is 17.1 Å². The quantitative estimate of drug-likeness (QED) is 0.505. The van der Waals surface area contributed by atoms with Gasteiger partial charge in [0.15, 0.2) is 6.61 Å². The van der Waals surface area contributed by atoms with Crippen molar-refractivity contribution in [1.82, 2.24) is 4.31 Å². The van der Waals surface area contributed by atoms with Crippen molar-refractivity contribution >= 4 is 44.8 Å². The van der Waals surface area contributed by atoms with Gasteiger partial charge < -0.3 is 15.4 Å². The molecule has 0 bridgehead atoms. The molecule has 3 aromatic rings. The second-order valence-corrected chi connectivity index (χ2v) is 10.3. The van der Waals surface area contributed by atoms with Crippen molar-refractivity contribution in [2.45, 2.75) is 4.90 Å². The molecule has 0 aromatic heterocycles. The number of para-hydroxylation sites is 1. The Morgan fingerprint density at radius 3 is 2.31 bits per heavy atom. The first kappa shape index (κ1) is 24.9. The van der Waals surface area contributed by atoms with Gasteiger partial charge in [-0.1, -0.05) is 18.2 Å². The number of carbonyl (C=O) groups is 3. The summed E-state index contributed by atoms with van der Waals surface area (Å²) in [6, 6.07) is 19.2. The number of fused-ring (bicyclic) bond motifs is 1. The zero-order valence-corrected chi connectivity index (χ0v) is 20.4. The van der Waals surface area contributed by atoms with Gasteiger partial charge >= 0.3 is 0 Å². The Balaban J connectivity index is 1.50. The maximum atomic E-state index is 12.8. The maximum Gasteiger partial charge on any atom is 0.265 e. The highest BCUT2D eigenvalue weighted by Gasteiger charge is 2.28. The van der Waals surface area contributed by atoms with Crippen LogP contribution in [0.2, 0.25) is 0 Å². The van der Waals surface area contributed by atoms with E-state index in [-0.39, 0.29) is 29.5 Å².